The molecule has 9 N–H and O–H groups in total. The zero-order chi connectivity index (χ0) is 28.6. The minimum Gasteiger partial charge on any atom is -0.480 e. The Hall–Kier alpha value is -4.05. The first kappa shape index (κ1) is 29.5. The van der Waals surface area contributed by atoms with Gasteiger partial charge >= 0.3 is 5.97 Å². The molecule has 3 amide bonds. The van der Waals surface area contributed by atoms with E-state index in [0.717, 1.165) is 4.31 Å². The molecular formula is C24H31N7O7S. The summed E-state index contributed by atoms with van der Waals surface area (Å²) >= 11 is 0. The van der Waals surface area contributed by atoms with Crippen LogP contribution in [-0.4, -0.2) is 79.5 Å². The predicted octanol–water partition coefficient (Wildman–Crippen LogP) is -1.43. The van der Waals surface area contributed by atoms with Crippen molar-refractivity contribution in [3.8, 4) is 0 Å². The molecule has 3 rings (SSSR count). The number of nitrogens with two attached hydrogens (primary N) is 2. The molecule has 1 saturated heterocycles. The van der Waals surface area contributed by atoms with E-state index in [1.165, 1.54) is 24.3 Å². The maximum absolute atomic E-state index is 13.0. The van der Waals surface area contributed by atoms with Crippen LogP contribution in [0.15, 0.2) is 59.5 Å². The van der Waals surface area contributed by atoms with E-state index in [0.29, 0.717) is 12.1 Å². The van der Waals surface area contributed by atoms with Crippen LogP contribution in [0.1, 0.15) is 23.2 Å². The topological polar surface area (TPSA) is 226 Å². The van der Waals surface area contributed by atoms with E-state index >= 15 is 0 Å². The van der Waals surface area contributed by atoms with Gasteiger partial charge in [-0.05, 0) is 43.2 Å². The minimum absolute atomic E-state index is 0.0275. The molecule has 0 saturated carbocycles. The molecule has 1 heterocycles. The minimum atomic E-state index is -3.96. The Morgan fingerprint density at radius 3 is 2.41 bits per heavy atom. The summed E-state index contributed by atoms with van der Waals surface area (Å²) < 4.78 is 27.1. The number of carbonyl (C=O) groups excluding carboxylic acids is 3. The highest BCUT2D eigenvalue weighted by Gasteiger charge is 2.40. The molecule has 2 aromatic carbocycles. The number of carbonyl (C=O) groups is 4. The van der Waals surface area contributed by atoms with Gasteiger partial charge in [0.15, 0.2) is 0 Å². The number of nitrogens with zero attached hydrogens (tertiary/aromatic N) is 1. The molecule has 1 fully saturated rings. The lowest BCUT2D eigenvalue weighted by atomic mass is 10.2. The molecular weight excluding hydrogens is 530 g/mol. The summed E-state index contributed by atoms with van der Waals surface area (Å²) in [6, 6.07) is 11.3. The van der Waals surface area contributed by atoms with E-state index < -0.39 is 65.2 Å². The molecule has 0 aliphatic carbocycles. The van der Waals surface area contributed by atoms with Crippen molar-refractivity contribution in [3.05, 3.63) is 60.2 Å². The molecule has 0 spiro atoms. The fraction of sp³-hybridized carbons (Fsp3) is 0.333. The van der Waals surface area contributed by atoms with E-state index in [2.05, 4.69) is 21.3 Å². The fourth-order valence-electron chi connectivity index (χ4n) is 3.97. The Bertz CT molecular complexity index is 1300. The number of anilines is 1. The molecule has 210 valence electrons. The van der Waals surface area contributed by atoms with Gasteiger partial charge < -0.3 is 26.4 Å². The largest absolute Gasteiger partial charge is 0.480 e. The monoisotopic (exact) mass is 561 g/mol. The van der Waals surface area contributed by atoms with Crippen LogP contribution in [0.5, 0.6) is 0 Å². The molecule has 0 radical (unpaired) electrons. The first-order valence-electron chi connectivity index (χ1n) is 12.0. The van der Waals surface area contributed by atoms with Gasteiger partial charge in [0.1, 0.15) is 18.4 Å². The number of amides is 3. The molecule has 39 heavy (non-hydrogen) atoms. The summed E-state index contributed by atoms with van der Waals surface area (Å²) in [4.78, 5) is 49.2. The normalized spacial score (nSPS) is 16.3. The van der Waals surface area contributed by atoms with Crippen molar-refractivity contribution < 1.29 is 32.7 Å². The molecule has 1 aliphatic rings. The number of rotatable bonds is 12. The lowest BCUT2D eigenvalue weighted by Crippen LogP contribution is -2.54. The second-order valence-corrected chi connectivity index (χ2v) is 10.6. The molecule has 0 bridgehead atoms. The third kappa shape index (κ3) is 7.97. The van der Waals surface area contributed by atoms with Crippen LogP contribution >= 0.6 is 0 Å². The average Bonchev–Trinajstić information content (AvgIpc) is 3.41. The van der Waals surface area contributed by atoms with Crippen molar-refractivity contribution in [2.45, 2.75) is 36.1 Å². The van der Waals surface area contributed by atoms with Crippen LogP contribution in [0.4, 0.5) is 5.69 Å². The van der Waals surface area contributed by atoms with Gasteiger partial charge in [0, 0.05) is 24.3 Å². The van der Waals surface area contributed by atoms with Crippen LogP contribution in [0.3, 0.4) is 0 Å². The molecule has 2 atom stereocenters. The summed E-state index contributed by atoms with van der Waals surface area (Å²) in [5.74, 6) is -3.47. The Morgan fingerprint density at radius 2 is 1.74 bits per heavy atom. The second-order valence-electron chi connectivity index (χ2n) is 8.72. The summed E-state index contributed by atoms with van der Waals surface area (Å²) in [7, 11) is -3.96. The van der Waals surface area contributed by atoms with Crippen LogP contribution in [-0.2, 0) is 24.4 Å². The van der Waals surface area contributed by atoms with E-state index in [1.54, 1.807) is 30.3 Å². The number of sulfonamides is 1. The van der Waals surface area contributed by atoms with E-state index in [-0.39, 0.29) is 23.4 Å². The van der Waals surface area contributed by atoms with Crippen LogP contribution < -0.4 is 32.7 Å². The van der Waals surface area contributed by atoms with E-state index in [1.807, 2.05) is 0 Å². The van der Waals surface area contributed by atoms with Gasteiger partial charge in [0.25, 0.3) is 5.91 Å². The highest BCUT2D eigenvalue weighted by atomic mass is 32.2. The molecule has 0 aromatic heterocycles. The smallest absolute Gasteiger partial charge is 0.328 e. The van der Waals surface area contributed by atoms with Crippen molar-refractivity contribution in [2.75, 3.05) is 25.0 Å². The van der Waals surface area contributed by atoms with E-state index in [9.17, 15) is 32.7 Å². The summed E-state index contributed by atoms with van der Waals surface area (Å²) in [5.41, 5.74) is 11.7. The number of benzene rings is 2. The molecule has 1 aliphatic heterocycles. The van der Waals surface area contributed by atoms with Crippen molar-refractivity contribution in [1.82, 2.24) is 20.3 Å². The number of carboxylic acid groups (broad SMARTS) is 1. The maximum atomic E-state index is 13.0. The van der Waals surface area contributed by atoms with Crippen molar-refractivity contribution in [1.29, 1.82) is 0 Å². The van der Waals surface area contributed by atoms with Gasteiger partial charge in [-0.3, -0.25) is 25.9 Å². The number of aliphatic carboxylic acids is 1. The van der Waals surface area contributed by atoms with Crippen LogP contribution in [0.25, 0.3) is 0 Å². The quantitative estimate of drug-likeness (QED) is 0.149. The maximum Gasteiger partial charge on any atom is 0.328 e. The standard InChI is InChI=1S/C24H31N7O7S/c25-24(26)29-16-7-4-6-15(12-16)21(33)28-14-20(32)27-13-18(23(35)36)30-22(34)19-10-5-11-31(19)39(37,38)17-8-2-1-3-9-17/h1-4,6-9,12,18-19,24,29H,5,10-11,13-14,25-26H2,(H,27,32)(H,28,33)(H,30,34)(H,35,36)/t18-,19-/m0/s1. The average molecular weight is 562 g/mol. The lowest BCUT2D eigenvalue weighted by molar-refractivity contribution is -0.142. The van der Waals surface area contributed by atoms with Crippen molar-refractivity contribution in [3.63, 3.8) is 0 Å². The predicted molar refractivity (Wildman–Crippen MR) is 140 cm³/mol. The highest BCUT2D eigenvalue weighted by molar-refractivity contribution is 7.89. The number of nitrogens with one attached hydrogen (secondary N) is 4. The first-order valence-corrected chi connectivity index (χ1v) is 13.5. The Labute approximate surface area is 225 Å². The second kappa shape index (κ2) is 13.1. The van der Waals surface area contributed by atoms with Gasteiger partial charge in [-0.25, -0.2) is 13.2 Å². The lowest BCUT2D eigenvalue weighted by Gasteiger charge is -2.25. The fourth-order valence-corrected chi connectivity index (χ4v) is 5.65. The van der Waals surface area contributed by atoms with Gasteiger partial charge in [-0.2, -0.15) is 4.31 Å². The van der Waals surface area contributed by atoms with Gasteiger partial charge in [0.2, 0.25) is 21.8 Å². The van der Waals surface area contributed by atoms with Crippen molar-refractivity contribution >= 4 is 39.4 Å². The SMILES string of the molecule is NC(N)Nc1cccc(C(=O)NCC(=O)NC[C@H](NC(=O)[C@@H]2CCCN2S(=O)(=O)c2ccccc2)C(=O)O)c1. The number of carboxylic acids is 1. The molecule has 15 heteroatoms. The zero-order valence-corrected chi connectivity index (χ0v) is 21.7. The summed E-state index contributed by atoms with van der Waals surface area (Å²) in [6.07, 6.45) is -0.186. The van der Waals surface area contributed by atoms with Gasteiger partial charge in [0.05, 0.1) is 11.4 Å². The Kier molecular flexibility index (Phi) is 9.95. The van der Waals surface area contributed by atoms with Crippen molar-refractivity contribution in [2.24, 2.45) is 11.5 Å². The summed E-state index contributed by atoms with van der Waals surface area (Å²) in [5, 5.41) is 19.3. The zero-order valence-electron chi connectivity index (χ0n) is 20.9. The van der Waals surface area contributed by atoms with Crippen LogP contribution in [0, 0.1) is 0 Å². The van der Waals surface area contributed by atoms with E-state index in [4.69, 9.17) is 11.5 Å². The van der Waals surface area contributed by atoms with Crippen LogP contribution in [0.2, 0.25) is 0 Å². The number of hydrogen-bond donors (Lipinski definition) is 7. The Morgan fingerprint density at radius 1 is 1.03 bits per heavy atom. The third-order valence-electron chi connectivity index (χ3n) is 5.84. The summed E-state index contributed by atoms with van der Waals surface area (Å²) in [6.45, 7) is -0.831. The Balaban J connectivity index is 1.54. The third-order valence-corrected chi connectivity index (χ3v) is 7.76. The highest BCUT2D eigenvalue weighted by Crippen LogP contribution is 2.26. The van der Waals surface area contributed by atoms with Gasteiger partial charge in [-0.15, -0.1) is 0 Å². The number of hydrogen-bond acceptors (Lipinski definition) is 9. The first-order chi connectivity index (χ1) is 18.5. The molecule has 0 unspecified atom stereocenters. The van der Waals surface area contributed by atoms with Gasteiger partial charge in [-0.1, -0.05) is 24.3 Å². The molecule has 2 aromatic rings. The molecule has 14 nitrogen and oxygen atoms in total.